The van der Waals surface area contributed by atoms with Gasteiger partial charge >= 0.3 is 0 Å². The van der Waals surface area contributed by atoms with Crippen molar-refractivity contribution in [2.45, 2.75) is 26.7 Å². The summed E-state index contributed by atoms with van der Waals surface area (Å²) in [5.41, 5.74) is 4.78. The summed E-state index contributed by atoms with van der Waals surface area (Å²) < 4.78 is 0. The van der Waals surface area contributed by atoms with Crippen LogP contribution in [0.25, 0.3) is 22.5 Å². The molecule has 0 unspecified atom stereocenters. The maximum Gasteiger partial charge on any atom is 0.240 e. The zero-order valence-corrected chi connectivity index (χ0v) is 17.6. The summed E-state index contributed by atoms with van der Waals surface area (Å²) in [5.74, 6) is 1.03. The van der Waals surface area contributed by atoms with Gasteiger partial charge in [-0.05, 0) is 44.8 Å². The quantitative estimate of drug-likeness (QED) is 0.669. The maximum absolute atomic E-state index is 12.7. The summed E-state index contributed by atoms with van der Waals surface area (Å²) in [4.78, 5) is 24.1. The molecule has 2 aromatic carbocycles. The summed E-state index contributed by atoms with van der Waals surface area (Å²) in [6.45, 7) is 6.65. The number of rotatable bonds is 5. The van der Waals surface area contributed by atoms with E-state index in [-0.39, 0.29) is 5.91 Å². The fraction of sp³-hybridized carbons (Fsp3) is 0.320. The smallest absolute Gasteiger partial charge is 0.240 e. The molecular formula is C25H28N4O. The average Bonchev–Trinajstić information content (AvgIpc) is 2.76. The molecule has 0 atom stereocenters. The highest BCUT2D eigenvalue weighted by Crippen LogP contribution is 2.25. The van der Waals surface area contributed by atoms with Crippen LogP contribution >= 0.6 is 0 Å². The molecule has 0 saturated carbocycles. The lowest BCUT2D eigenvalue weighted by molar-refractivity contribution is -0.117. The molecule has 4 rings (SSSR count). The van der Waals surface area contributed by atoms with Crippen molar-refractivity contribution in [1.29, 1.82) is 0 Å². The SMILES string of the molecule is Cc1ccc(-c2cc(-c3ccccc3)nc(NC(=O)CN3CCC(C)CC3)n2)cc1. The van der Waals surface area contributed by atoms with Gasteiger partial charge in [0.15, 0.2) is 0 Å². The number of likely N-dealkylation sites (tertiary alicyclic amines) is 1. The number of nitrogens with zero attached hydrogens (tertiary/aromatic N) is 3. The molecule has 5 heteroatoms. The zero-order valence-electron chi connectivity index (χ0n) is 17.6. The van der Waals surface area contributed by atoms with Crippen molar-refractivity contribution in [3.63, 3.8) is 0 Å². The number of nitrogens with one attached hydrogen (secondary N) is 1. The second-order valence-corrected chi connectivity index (χ2v) is 8.20. The van der Waals surface area contributed by atoms with E-state index < -0.39 is 0 Å². The lowest BCUT2D eigenvalue weighted by Crippen LogP contribution is -2.38. The van der Waals surface area contributed by atoms with Crippen molar-refractivity contribution in [1.82, 2.24) is 14.9 Å². The van der Waals surface area contributed by atoms with Gasteiger partial charge in [0.1, 0.15) is 0 Å². The number of anilines is 1. The van der Waals surface area contributed by atoms with Gasteiger partial charge in [-0.15, -0.1) is 0 Å². The van der Waals surface area contributed by atoms with Crippen LogP contribution in [0.3, 0.4) is 0 Å². The van der Waals surface area contributed by atoms with E-state index in [1.165, 1.54) is 5.56 Å². The van der Waals surface area contributed by atoms with Gasteiger partial charge in [-0.3, -0.25) is 15.0 Å². The monoisotopic (exact) mass is 400 g/mol. The first-order valence-electron chi connectivity index (χ1n) is 10.6. The van der Waals surface area contributed by atoms with Gasteiger partial charge in [0, 0.05) is 11.1 Å². The van der Waals surface area contributed by atoms with Crippen LogP contribution in [-0.4, -0.2) is 40.4 Å². The Bertz CT molecular complexity index is 993. The van der Waals surface area contributed by atoms with Gasteiger partial charge in [0.2, 0.25) is 11.9 Å². The van der Waals surface area contributed by atoms with E-state index in [4.69, 9.17) is 0 Å². The van der Waals surface area contributed by atoms with Crippen molar-refractivity contribution in [2.75, 3.05) is 25.0 Å². The number of benzene rings is 2. The number of carbonyl (C=O) groups excluding carboxylic acids is 1. The summed E-state index contributed by atoms with van der Waals surface area (Å²) in [6, 6.07) is 20.2. The van der Waals surface area contributed by atoms with Gasteiger partial charge in [-0.1, -0.05) is 67.1 Å². The topological polar surface area (TPSA) is 58.1 Å². The Labute approximate surface area is 178 Å². The molecule has 0 radical (unpaired) electrons. The van der Waals surface area contributed by atoms with Crippen molar-refractivity contribution < 1.29 is 4.79 Å². The minimum Gasteiger partial charge on any atom is -0.294 e. The van der Waals surface area contributed by atoms with E-state index >= 15 is 0 Å². The molecule has 2 heterocycles. The molecule has 30 heavy (non-hydrogen) atoms. The van der Waals surface area contributed by atoms with Gasteiger partial charge in [-0.2, -0.15) is 0 Å². The van der Waals surface area contributed by atoms with Crippen LogP contribution in [-0.2, 0) is 4.79 Å². The lowest BCUT2D eigenvalue weighted by Gasteiger charge is -2.29. The molecule has 1 amide bonds. The fourth-order valence-corrected chi connectivity index (χ4v) is 3.72. The molecule has 0 aliphatic carbocycles. The number of hydrogen-bond donors (Lipinski definition) is 1. The highest BCUT2D eigenvalue weighted by atomic mass is 16.2. The number of hydrogen-bond acceptors (Lipinski definition) is 4. The molecule has 1 aromatic heterocycles. The highest BCUT2D eigenvalue weighted by molar-refractivity contribution is 5.91. The molecule has 1 aliphatic heterocycles. The summed E-state index contributed by atoms with van der Waals surface area (Å²) in [5, 5.41) is 2.93. The van der Waals surface area contributed by atoms with Gasteiger partial charge in [-0.25, -0.2) is 9.97 Å². The summed E-state index contributed by atoms with van der Waals surface area (Å²) in [6.07, 6.45) is 2.29. The molecule has 154 valence electrons. The van der Waals surface area contributed by atoms with Crippen LogP contribution in [0.2, 0.25) is 0 Å². The first-order valence-corrected chi connectivity index (χ1v) is 10.6. The normalized spacial score (nSPS) is 15.1. The molecule has 0 spiro atoms. The number of aryl methyl sites for hydroxylation is 1. The van der Waals surface area contributed by atoms with E-state index in [1.54, 1.807) is 0 Å². The third-order valence-corrected chi connectivity index (χ3v) is 5.64. The first-order chi connectivity index (χ1) is 14.6. The van der Waals surface area contributed by atoms with E-state index in [1.807, 2.05) is 48.5 Å². The molecule has 1 N–H and O–H groups in total. The second kappa shape index (κ2) is 9.18. The van der Waals surface area contributed by atoms with Crippen molar-refractivity contribution >= 4 is 11.9 Å². The predicted octanol–water partition coefficient (Wildman–Crippen LogP) is 4.79. The third-order valence-electron chi connectivity index (χ3n) is 5.64. The molecule has 5 nitrogen and oxygen atoms in total. The van der Waals surface area contributed by atoms with Crippen LogP contribution in [0.4, 0.5) is 5.95 Å². The van der Waals surface area contributed by atoms with E-state index in [9.17, 15) is 4.79 Å². The summed E-state index contributed by atoms with van der Waals surface area (Å²) >= 11 is 0. The van der Waals surface area contributed by atoms with E-state index in [0.717, 1.165) is 54.4 Å². The minimum absolute atomic E-state index is 0.0652. The van der Waals surface area contributed by atoms with Crippen LogP contribution in [0.5, 0.6) is 0 Å². The summed E-state index contributed by atoms with van der Waals surface area (Å²) in [7, 11) is 0. The molecule has 1 aliphatic rings. The Morgan fingerprint density at radius 1 is 0.967 bits per heavy atom. The lowest BCUT2D eigenvalue weighted by atomic mass is 9.99. The highest BCUT2D eigenvalue weighted by Gasteiger charge is 2.19. The van der Waals surface area contributed by atoms with Gasteiger partial charge in [0.25, 0.3) is 0 Å². The average molecular weight is 401 g/mol. The molecule has 1 fully saturated rings. The Morgan fingerprint density at radius 3 is 2.20 bits per heavy atom. The van der Waals surface area contributed by atoms with Gasteiger partial charge in [0.05, 0.1) is 17.9 Å². The van der Waals surface area contributed by atoms with Crippen LogP contribution in [0.15, 0.2) is 60.7 Å². The van der Waals surface area contributed by atoms with Crippen molar-refractivity contribution in [3.8, 4) is 22.5 Å². The van der Waals surface area contributed by atoms with Crippen molar-refractivity contribution in [3.05, 3.63) is 66.2 Å². The minimum atomic E-state index is -0.0652. The Kier molecular flexibility index (Phi) is 6.19. The molecule has 0 bridgehead atoms. The second-order valence-electron chi connectivity index (χ2n) is 8.20. The molecule has 3 aromatic rings. The van der Waals surface area contributed by atoms with E-state index in [0.29, 0.717) is 12.5 Å². The molecule has 1 saturated heterocycles. The Balaban J connectivity index is 1.59. The number of amides is 1. The first kappa shape index (κ1) is 20.2. The van der Waals surface area contributed by atoms with Crippen LogP contribution in [0, 0.1) is 12.8 Å². The standard InChI is InChI=1S/C25H28N4O/c1-18-8-10-21(11-9-18)23-16-22(20-6-4-3-5-7-20)26-25(27-23)28-24(30)17-29-14-12-19(2)13-15-29/h3-11,16,19H,12-15,17H2,1-2H3,(H,26,27,28,30). The molecular weight excluding hydrogens is 372 g/mol. The maximum atomic E-state index is 12.7. The Hall–Kier alpha value is -3.05. The van der Waals surface area contributed by atoms with Crippen LogP contribution in [0.1, 0.15) is 25.3 Å². The number of aromatic nitrogens is 2. The number of carbonyl (C=O) groups is 1. The van der Waals surface area contributed by atoms with Crippen LogP contribution < -0.4 is 5.32 Å². The number of piperidine rings is 1. The predicted molar refractivity (Wildman–Crippen MR) is 121 cm³/mol. The third kappa shape index (κ3) is 5.10. The Morgan fingerprint density at radius 2 is 1.57 bits per heavy atom. The van der Waals surface area contributed by atoms with Crippen molar-refractivity contribution in [2.24, 2.45) is 5.92 Å². The largest absolute Gasteiger partial charge is 0.294 e. The zero-order chi connectivity index (χ0) is 20.9. The van der Waals surface area contributed by atoms with Gasteiger partial charge < -0.3 is 0 Å². The van der Waals surface area contributed by atoms with E-state index in [2.05, 4.69) is 46.2 Å². The fourth-order valence-electron chi connectivity index (χ4n) is 3.72.